The van der Waals surface area contributed by atoms with Gasteiger partial charge in [-0.15, -0.1) is 5.10 Å². The van der Waals surface area contributed by atoms with E-state index in [0.717, 1.165) is 26.1 Å². The van der Waals surface area contributed by atoms with Crippen molar-refractivity contribution in [2.24, 2.45) is 5.92 Å². The Bertz CT molecular complexity index is 602. The average Bonchev–Trinajstić information content (AvgIpc) is 3.11. The first kappa shape index (κ1) is 12.9. The molecule has 20 heavy (non-hydrogen) atoms. The standard InChI is InChI=1S/C14H15FN4O/c15-12-3-1-11(2-4-12)14(20)13-9-19(18-17-13)8-10-5-6-16-7-10/h1-4,9-10,16H,5-8H2. The normalized spacial score (nSPS) is 18.4. The van der Waals surface area contributed by atoms with E-state index in [0.29, 0.717) is 17.2 Å². The van der Waals surface area contributed by atoms with Gasteiger partial charge in [-0.2, -0.15) is 0 Å². The quantitative estimate of drug-likeness (QED) is 0.853. The van der Waals surface area contributed by atoms with E-state index >= 15 is 0 Å². The van der Waals surface area contributed by atoms with Crippen LogP contribution >= 0.6 is 0 Å². The Morgan fingerprint density at radius 2 is 2.20 bits per heavy atom. The summed E-state index contributed by atoms with van der Waals surface area (Å²) >= 11 is 0. The Hall–Kier alpha value is -2.08. The largest absolute Gasteiger partial charge is 0.316 e. The van der Waals surface area contributed by atoms with Crippen molar-refractivity contribution in [1.82, 2.24) is 20.3 Å². The molecule has 1 atom stereocenters. The number of nitrogens with zero attached hydrogens (tertiary/aromatic N) is 3. The van der Waals surface area contributed by atoms with Crippen LogP contribution in [0.5, 0.6) is 0 Å². The molecule has 0 amide bonds. The Labute approximate surface area is 115 Å². The number of halogens is 1. The third-order valence-corrected chi connectivity index (χ3v) is 3.49. The minimum absolute atomic E-state index is 0.235. The van der Waals surface area contributed by atoms with Crippen molar-refractivity contribution in [2.45, 2.75) is 13.0 Å². The lowest BCUT2D eigenvalue weighted by molar-refractivity contribution is 0.103. The summed E-state index contributed by atoms with van der Waals surface area (Å²) < 4.78 is 14.5. The molecule has 5 nitrogen and oxygen atoms in total. The van der Waals surface area contributed by atoms with Crippen LogP contribution in [0.2, 0.25) is 0 Å². The molecule has 1 unspecified atom stereocenters. The van der Waals surface area contributed by atoms with E-state index < -0.39 is 0 Å². The Morgan fingerprint density at radius 3 is 2.90 bits per heavy atom. The molecule has 1 aromatic carbocycles. The van der Waals surface area contributed by atoms with Crippen molar-refractivity contribution in [3.8, 4) is 0 Å². The maximum absolute atomic E-state index is 12.8. The molecule has 3 rings (SSSR count). The monoisotopic (exact) mass is 274 g/mol. The first-order valence-electron chi connectivity index (χ1n) is 6.63. The highest BCUT2D eigenvalue weighted by atomic mass is 19.1. The highest BCUT2D eigenvalue weighted by Crippen LogP contribution is 2.12. The molecule has 0 radical (unpaired) electrons. The van der Waals surface area contributed by atoms with Crippen LogP contribution in [0.4, 0.5) is 4.39 Å². The molecule has 1 saturated heterocycles. The van der Waals surface area contributed by atoms with Crippen LogP contribution in [0, 0.1) is 11.7 Å². The molecule has 1 aliphatic rings. The van der Waals surface area contributed by atoms with Crippen LogP contribution in [-0.4, -0.2) is 33.9 Å². The van der Waals surface area contributed by atoms with Gasteiger partial charge in [0.2, 0.25) is 5.78 Å². The van der Waals surface area contributed by atoms with Gasteiger partial charge in [0, 0.05) is 12.1 Å². The molecule has 1 fully saturated rings. The molecule has 0 aliphatic carbocycles. The summed E-state index contributed by atoms with van der Waals surface area (Å²) in [4.78, 5) is 12.2. The molecule has 1 aliphatic heterocycles. The van der Waals surface area contributed by atoms with Gasteiger partial charge >= 0.3 is 0 Å². The van der Waals surface area contributed by atoms with Crippen LogP contribution in [0.3, 0.4) is 0 Å². The zero-order chi connectivity index (χ0) is 13.9. The van der Waals surface area contributed by atoms with E-state index in [1.54, 1.807) is 10.9 Å². The lowest BCUT2D eigenvalue weighted by atomic mass is 10.1. The third-order valence-electron chi connectivity index (χ3n) is 3.49. The van der Waals surface area contributed by atoms with Gasteiger partial charge in [-0.1, -0.05) is 5.21 Å². The Balaban J connectivity index is 1.72. The summed E-state index contributed by atoms with van der Waals surface area (Å²) in [5.41, 5.74) is 0.712. The van der Waals surface area contributed by atoms with Crippen molar-refractivity contribution in [1.29, 1.82) is 0 Å². The summed E-state index contributed by atoms with van der Waals surface area (Å²) in [6.07, 6.45) is 2.77. The fourth-order valence-electron chi connectivity index (χ4n) is 2.38. The summed E-state index contributed by atoms with van der Waals surface area (Å²) in [5, 5.41) is 11.2. The zero-order valence-corrected chi connectivity index (χ0v) is 10.9. The predicted octanol–water partition coefficient (Wildman–Crippen LogP) is 1.26. The lowest BCUT2D eigenvalue weighted by Crippen LogP contribution is -2.14. The third kappa shape index (κ3) is 2.75. The van der Waals surface area contributed by atoms with E-state index in [1.807, 2.05) is 0 Å². The summed E-state index contributed by atoms with van der Waals surface area (Å²) in [7, 11) is 0. The smallest absolute Gasteiger partial charge is 0.214 e. The van der Waals surface area contributed by atoms with Gasteiger partial charge in [0.15, 0.2) is 5.69 Å². The van der Waals surface area contributed by atoms with Crippen molar-refractivity contribution < 1.29 is 9.18 Å². The van der Waals surface area contributed by atoms with Crippen molar-refractivity contribution >= 4 is 5.78 Å². The van der Waals surface area contributed by atoms with Gasteiger partial charge in [0.05, 0.1) is 6.20 Å². The molecule has 1 N–H and O–H groups in total. The van der Waals surface area contributed by atoms with E-state index in [9.17, 15) is 9.18 Å². The fraction of sp³-hybridized carbons (Fsp3) is 0.357. The van der Waals surface area contributed by atoms with Crippen LogP contribution in [0.25, 0.3) is 0 Å². The number of nitrogens with one attached hydrogen (secondary N) is 1. The fourth-order valence-corrected chi connectivity index (χ4v) is 2.38. The number of carbonyl (C=O) groups excluding carboxylic acids is 1. The highest BCUT2D eigenvalue weighted by Gasteiger charge is 2.18. The average molecular weight is 274 g/mol. The summed E-state index contributed by atoms with van der Waals surface area (Å²) in [6, 6.07) is 5.44. The number of benzene rings is 1. The number of aromatic nitrogens is 3. The molecule has 0 saturated carbocycles. The summed E-state index contributed by atoms with van der Waals surface area (Å²) in [6.45, 7) is 2.76. The second-order valence-electron chi connectivity index (χ2n) is 5.02. The molecule has 0 spiro atoms. The maximum Gasteiger partial charge on any atom is 0.214 e. The first-order chi connectivity index (χ1) is 9.72. The first-order valence-corrected chi connectivity index (χ1v) is 6.63. The van der Waals surface area contributed by atoms with Gasteiger partial charge < -0.3 is 5.32 Å². The number of hydrogen-bond donors (Lipinski definition) is 1. The minimum atomic E-state index is -0.362. The number of hydrogen-bond acceptors (Lipinski definition) is 4. The van der Waals surface area contributed by atoms with Gasteiger partial charge in [-0.25, -0.2) is 4.39 Å². The topological polar surface area (TPSA) is 59.8 Å². The highest BCUT2D eigenvalue weighted by molar-refractivity contribution is 6.07. The van der Waals surface area contributed by atoms with Gasteiger partial charge in [0.25, 0.3) is 0 Å². The number of ketones is 1. The zero-order valence-electron chi connectivity index (χ0n) is 10.9. The van der Waals surface area contributed by atoms with Crippen molar-refractivity contribution in [3.05, 3.63) is 47.5 Å². The van der Waals surface area contributed by atoms with Crippen LogP contribution in [0.15, 0.2) is 30.5 Å². The summed E-state index contributed by atoms with van der Waals surface area (Å²) in [5.74, 6) is -0.0646. The van der Waals surface area contributed by atoms with E-state index in [4.69, 9.17) is 0 Å². The van der Waals surface area contributed by atoms with E-state index in [-0.39, 0.29) is 11.6 Å². The van der Waals surface area contributed by atoms with Crippen LogP contribution < -0.4 is 5.32 Å². The van der Waals surface area contributed by atoms with Gasteiger partial charge in [-0.3, -0.25) is 9.48 Å². The van der Waals surface area contributed by atoms with Crippen LogP contribution in [0.1, 0.15) is 22.5 Å². The second kappa shape index (κ2) is 5.50. The minimum Gasteiger partial charge on any atom is -0.316 e. The lowest BCUT2D eigenvalue weighted by Gasteiger charge is -2.06. The number of rotatable bonds is 4. The second-order valence-corrected chi connectivity index (χ2v) is 5.02. The van der Waals surface area contributed by atoms with Crippen molar-refractivity contribution in [3.63, 3.8) is 0 Å². The maximum atomic E-state index is 12.8. The molecule has 104 valence electrons. The van der Waals surface area contributed by atoms with Gasteiger partial charge in [0.1, 0.15) is 5.82 Å². The van der Waals surface area contributed by atoms with Crippen LogP contribution in [-0.2, 0) is 6.54 Å². The molecular weight excluding hydrogens is 259 g/mol. The van der Waals surface area contributed by atoms with Crippen molar-refractivity contribution in [2.75, 3.05) is 13.1 Å². The number of carbonyl (C=O) groups is 1. The molecule has 2 heterocycles. The van der Waals surface area contributed by atoms with E-state index in [2.05, 4.69) is 15.6 Å². The molecular formula is C14H15FN4O. The Morgan fingerprint density at radius 1 is 1.40 bits per heavy atom. The molecule has 2 aromatic rings. The molecule has 0 bridgehead atoms. The SMILES string of the molecule is O=C(c1ccc(F)cc1)c1cn(CC2CCNC2)nn1. The van der Waals surface area contributed by atoms with E-state index in [1.165, 1.54) is 24.3 Å². The molecule has 6 heteroatoms. The predicted molar refractivity (Wildman–Crippen MR) is 70.8 cm³/mol. The van der Waals surface area contributed by atoms with Gasteiger partial charge in [-0.05, 0) is 49.7 Å². The Kier molecular flexibility index (Phi) is 3.56. The molecule has 1 aromatic heterocycles.